The van der Waals surface area contributed by atoms with Gasteiger partial charge in [0.05, 0.1) is 6.20 Å². The van der Waals surface area contributed by atoms with Crippen LogP contribution in [0.25, 0.3) is 11.3 Å². The van der Waals surface area contributed by atoms with Gasteiger partial charge < -0.3 is 15.1 Å². The Bertz CT molecular complexity index is 490. The van der Waals surface area contributed by atoms with Crippen molar-refractivity contribution in [3.8, 4) is 11.3 Å². The van der Waals surface area contributed by atoms with E-state index in [4.69, 9.17) is 4.42 Å². The largest absolute Gasteiger partial charge is 0.444 e. The Kier molecular flexibility index (Phi) is 3.28. The molecule has 0 saturated carbocycles. The van der Waals surface area contributed by atoms with Crippen LogP contribution in [0.4, 0.5) is 5.69 Å². The second kappa shape index (κ2) is 5.23. The highest BCUT2D eigenvalue weighted by atomic mass is 16.3. The summed E-state index contributed by atoms with van der Waals surface area (Å²) in [6.45, 7) is 2.17. The number of hydrogen-bond acceptors (Lipinski definition) is 4. The van der Waals surface area contributed by atoms with Crippen molar-refractivity contribution in [2.75, 3.05) is 18.4 Å². The van der Waals surface area contributed by atoms with E-state index in [0.717, 1.165) is 30.1 Å². The molecular weight excluding hydrogens is 226 g/mol. The summed E-state index contributed by atoms with van der Waals surface area (Å²) in [5.41, 5.74) is 2.19. The number of oxazole rings is 1. The lowest BCUT2D eigenvalue weighted by molar-refractivity contribution is 0.480. The molecule has 3 rings (SSSR count). The van der Waals surface area contributed by atoms with E-state index in [9.17, 15) is 0 Å². The zero-order valence-corrected chi connectivity index (χ0v) is 10.2. The minimum absolute atomic E-state index is 0.517. The predicted molar refractivity (Wildman–Crippen MR) is 71.5 cm³/mol. The van der Waals surface area contributed by atoms with Crippen molar-refractivity contribution in [3.63, 3.8) is 0 Å². The van der Waals surface area contributed by atoms with Gasteiger partial charge in [-0.25, -0.2) is 4.98 Å². The molecule has 1 aromatic heterocycles. The molecule has 1 fully saturated rings. The second-order valence-electron chi connectivity index (χ2n) is 4.63. The summed E-state index contributed by atoms with van der Waals surface area (Å²) in [6.07, 6.45) is 5.65. The highest BCUT2D eigenvalue weighted by Crippen LogP contribution is 2.23. The molecule has 0 spiro atoms. The van der Waals surface area contributed by atoms with Crippen LogP contribution in [0.1, 0.15) is 12.8 Å². The molecule has 0 radical (unpaired) electrons. The molecule has 1 aliphatic heterocycles. The van der Waals surface area contributed by atoms with Gasteiger partial charge >= 0.3 is 0 Å². The van der Waals surface area contributed by atoms with E-state index < -0.39 is 0 Å². The number of piperidine rings is 1. The minimum Gasteiger partial charge on any atom is -0.444 e. The lowest BCUT2D eigenvalue weighted by Crippen LogP contribution is -2.38. The first-order valence-electron chi connectivity index (χ1n) is 6.38. The molecule has 1 unspecified atom stereocenters. The minimum atomic E-state index is 0.517. The van der Waals surface area contributed by atoms with Crippen LogP contribution in [0.3, 0.4) is 0 Å². The highest BCUT2D eigenvalue weighted by molar-refractivity contribution is 5.63. The van der Waals surface area contributed by atoms with Gasteiger partial charge in [0.15, 0.2) is 12.2 Å². The van der Waals surface area contributed by atoms with Gasteiger partial charge in [0.2, 0.25) is 0 Å². The average molecular weight is 243 g/mol. The molecule has 0 aliphatic carbocycles. The number of nitrogens with one attached hydrogen (secondary N) is 2. The van der Waals surface area contributed by atoms with E-state index in [1.807, 2.05) is 12.1 Å². The first-order valence-corrected chi connectivity index (χ1v) is 6.38. The molecule has 4 heteroatoms. The van der Waals surface area contributed by atoms with E-state index in [1.165, 1.54) is 19.2 Å². The third-order valence-corrected chi connectivity index (χ3v) is 3.25. The van der Waals surface area contributed by atoms with Crippen LogP contribution in [0.5, 0.6) is 0 Å². The Labute approximate surface area is 106 Å². The van der Waals surface area contributed by atoms with Crippen LogP contribution < -0.4 is 10.6 Å². The Morgan fingerprint density at radius 2 is 2.39 bits per heavy atom. The summed E-state index contributed by atoms with van der Waals surface area (Å²) in [4.78, 5) is 3.95. The van der Waals surface area contributed by atoms with E-state index in [2.05, 4.69) is 27.8 Å². The van der Waals surface area contributed by atoms with Gasteiger partial charge in [0.25, 0.3) is 0 Å². The Morgan fingerprint density at radius 1 is 1.39 bits per heavy atom. The molecule has 18 heavy (non-hydrogen) atoms. The van der Waals surface area contributed by atoms with Crippen LogP contribution in [0.15, 0.2) is 41.3 Å². The smallest absolute Gasteiger partial charge is 0.181 e. The molecule has 0 bridgehead atoms. The van der Waals surface area contributed by atoms with E-state index in [1.54, 1.807) is 6.20 Å². The molecule has 0 amide bonds. The van der Waals surface area contributed by atoms with E-state index in [-0.39, 0.29) is 0 Å². The monoisotopic (exact) mass is 243 g/mol. The van der Waals surface area contributed by atoms with Crippen LogP contribution in [0, 0.1) is 0 Å². The molecular formula is C14H17N3O. The molecule has 4 nitrogen and oxygen atoms in total. The molecule has 1 atom stereocenters. The fourth-order valence-electron chi connectivity index (χ4n) is 2.33. The van der Waals surface area contributed by atoms with Crippen molar-refractivity contribution in [2.24, 2.45) is 0 Å². The van der Waals surface area contributed by atoms with Gasteiger partial charge in [-0.15, -0.1) is 0 Å². The Morgan fingerprint density at radius 3 is 3.17 bits per heavy atom. The fourth-order valence-corrected chi connectivity index (χ4v) is 2.33. The van der Waals surface area contributed by atoms with E-state index >= 15 is 0 Å². The van der Waals surface area contributed by atoms with Crippen molar-refractivity contribution in [3.05, 3.63) is 36.9 Å². The van der Waals surface area contributed by atoms with Crippen molar-refractivity contribution < 1.29 is 4.42 Å². The summed E-state index contributed by atoms with van der Waals surface area (Å²) in [5, 5.41) is 6.96. The second-order valence-corrected chi connectivity index (χ2v) is 4.63. The lowest BCUT2D eigenvalue weighted by atomic mass is 10.1. The van der Waals surface area contributed by atoms with Gasteiger partial charge in [-0.2, -0.15) is 0 Å². The summed E-state index contributed by atoms with van der Waals surface area (Å²) < 4.78 is 5.31. The molecule has 1 aliphatic rings. The first kappa shape index (κ1) is 11.3. The first-order chi connectivity index (χ1) is 8.92. The van der Waals surface area contributed by atoms with Gasteiger partial charge in [0.1, 0.15) is 0 Å². The predicted octanol–water partition coefficient (Wildman–Crippen LogP) is 2.51. The highest BCUT2D eigenvalue weighted by Gasteiger charge is 2.12. The summed E-state index contributed by atoms with van der Waals surface area (Å²) in [7, 11) is 0. The zero-order chi connectivity index (χ0) is 12.2. The van der Waals surface area contributed by atoms with Gasteiger partial charge in [0, 0.05) is 23.8 Å². The number of nitrogens with zero attached hydrogens (tertiary/aromatic N) is 1. The Balaban J connectivity index is 1.74. The lowest BCUT2D eigenvalue weighted by Gasteiger charge is -2.24. The molecule has 94 valence electrons. The summed E-state index contributed by atoms with van der Waals surface area (Å²) in [6, 6.07) is 8.79. The number of anilines is 1. The van der Waals surface area contributed by atoms with Crippen LogP contribution in [-0.4, -0.2) is 24.1 Å². The number of benzene rings is 1. The normalized spacial score (nSPS) is 19.7. The van der Waals surface area contributed by atoms with Crippen LogP contribution in [0.2, 0.25) is 0 Å². The number of hydrogen-bond donors (Lipinski definition) is 2. The quantitative estimate of drug-likeness (QED) is 0.869. The Hall–Kier alpha value is -1.81. The van der Waals surface area contributed by atoms with Gasteiger partial charge in [-0.1, -0.05) is 12.1 Å². The third-order valence-electron chi connectivity index (χ3n) is 3.25. The topological polar surface area (TPSA) is 50.1 Å². The standard InChI is InChI=1S/C14H17N3O/c1-3-11(14-9-16-10-18-14)7-12(4-1)17-13-5-2-6-15-8-13/h1,3-4,7,9-10,13,15,17H,2,5-6,8H2. The third kappa shape index (κ3) is 2.54. The van der Waals surface area contributed by atoms with Crippen molar-refractivity contribution in [2.45, 2.75) is 18.9 Å². The van der Waals surface area contributed by atoms with Crippen LogP contribution in [-0.2, 0) is 0 Å². The molecule has 1 saturated heterocycles. The maximum Gasteiger partial charge on any atom is 0.181 e. The number of rotatable bonds is 3. The van der Waals surface area contributed by atoms with Crippen molar-refractivity contribution in [1.82, 2.24) is 10.3 Å². The maximum absolute atomic E-state index is 5.31. The van der Waals surface area contributed by atoms with Gasteiger partial charge in [-0.05, 0) is 31.5 Å². The van der Waals surface area contributed by atoms with Crippen molar-refractivity contribution >= 4 is 5.69 Å². The SMILES string of the molecule is c1cc(NC2CCCNC2)cc(-c2cnco2)c1. The summed E-state index contributed by atoms with van der Waals surface area (Å²) in [5.74, 6) is 0.806. The average Bonchev–Trinajstić information content (AvgIpc) is 2.94. The molecule has 1 aromatic carbocycles. The van der Waals surface area contributed by atoms with E-state index in [0.29, 0.717) is 6.04 Å². The number of aromatic nitrogens is 1. The summed E-state index contributed by atoms with van der Waals surface area (Å²) >= 11 is 0. The van der Waals surface area contributed by atoms with Crippen molar-refractivity contribution in [1.29, 1.82) is 0 Å². The van der Waals surface area contributed by atoms with Gasteiger partial charge in [-0.3, -0.25) is 0 Å². The zero-order valence-electron chi connectivity index (χ0n) is 10.2. The maximum atomic E-state index is 5.31. The molecule has 2 heterocycles. The van der Waals surface area contributed by atoms with Crippen LogP contribution >= 0.6 is 0 Å². The molecule has 2 aromatic rings. The molecule has 2 N–H and O–H groups in total. The fraction of sp³-hybridized carbons (Fsp3) is 0.357.